The summed E-state index contributed by atoms with van der Waals surface area (Å²) in [5.41, 5.74) is 0. The van der Waals surface area contributed by atoms with Crippen LogP contribution in [0.5, 0.6) is 0 Å². The van der Waals surface area contributed by atoms with Gasteiger partial charge in [-0.1, -0.05) is 6.92 Å². The SMILES string of the molecule is C[C@@H](CC(=O)O)CN1CCCC1. The summed E-state index contributed by atoms with van der Waals surface area (Å²) in [6, 6.07) is 0. The van der Waals surface area contributed by atoms with Gasteiger partial charge in [-0.3, -0.25) is 4.79 Å². The molecule has 1 heterocycles. The van der Waals surface area contributed by atoms with E-state index in [-0.39, 0.29) is 0 Å². The fourth-order valence-electron chi connectivity index (χ4n) is 1.77. The highest BCUT2D eigenvalue weighted by Gasteiger charge is 2.15. The number of hydrogen-bond acceptors (Lipinski definition) is 2. The minimum Gasteiger partial charge on any atom is -0.481 e. The first-order valence-corrected chi connectivity index (χ1v) is 4.62. The van der Waals surface area contributed by atoms with E-state index in [9.17, 15) is 4.79 Å². The highest BCUT2D eigenvalue weighted by Crippen LogP contribution is 2.11. The zero-order valence-corrected chi connectivity index (χ0v) is 7.62. The highest BCUT2D eigenvalue weighted by atomic mass is 16.4. The smallest absolute Gasteiger partial charge is 0.303 e. The number of carboxylic acid groups (broad SMARTS) is 1. The Bertz CT molecular complexity index is 153. The van der Waals surface area contributed by atoms with Crippen LogP contribution in [0.15, 0.2) is 0 Å². The summed E-state index contributed by atoms with van der Waals surface area (Å²) < 4.78 is 0. The number of aliphatic carboxylic acids is 1. The first kappa shape index (κ1) is 9.52. The molecule has 0 aromatic heterocycles. The van der Waals surface area contributed by atoms with Gasteiger partial charge in [0.25, 0.3) is 0 Å². The molecule has 12 heavy (non-hydrogen) atoms. The van der Waals surface area contributed by atoms with Gasteiger partial charge in [-0.05, 0) is 31.8 Å². The summed E-state index contributed by atoms with van der Waals surface area (Å²) >= 11 is 0. The third-order valence-electron chi connectivity index (χ3n) is 2.29. The molecule has 3 heteroatoms. The molecule has 0 aromatic carbocycles. The molecule has 1 fully saturated rings. The second-order valence-corrected chi connectivity index (χ2v) is 3.71. The van der Waals surface area contributed by atoms with Crippen molar-refractivity contribution in [1.82, 2.24) is 4.90 Å². The van der Waals surface area contributed by atoms with Gasteiger partial charge in [0.1, 0.15) is 0 Å². The summed E-state index contributed by atoms with van der Waals surface area (Å²) in [7, 11) is 0. The fourth-order valence-corrected chi connectivity index (χ4v) is 1.77. The van der Waals surface area contributed by atoms with Crippen LogP contribution in [0.3, 0.4) is 0 Å². The van der Waals surface area contributed by atoms with E-state index >= 15 is 0 Å². The second-order valence-electron chi connectivity index (χ2n) is 3.71. The molecule has 1 rings (SSSR count). The summed E-state index contributed by atoms with van der Waals surface area (Å²) in [5.74, 6) is -0.387. The van der Waals surface area contributed by atoms with Crippen LogP contribution in [0.1, 0.15) is 26.2 Å². The average molecular weight is 171 g/mol. The molecule has 1 saturated heterocycles. The van der Waals surface area contributed by atoms with E-state index in [0.29, 0.717) is 12.3 Å². The van der Waals surface area contributed by atoms with Crippen molar-refractivity contribution >= 4 is 5.97 Å². The lowest BCUT2D eigenvalue weighted by Crippen LogP contribution is -2.26. The Morgan fingerprint density at radius 1 is 1.50 bits per heavy atom. The number of hydrogen-bond donors (Lipinski definition) is 1. The number of carboxylic acids is 1. The van der Waals surface area contributed by atoms with Crippen LogP contribution < -0.4 is 0 Å². The second kappa shape index (κ2) is 4.45. The molecule has 70 valence electrons. The lowest BCUT2D eigenvalue weighted by molar-refractivity contribution is -0.138. The van der Waals surface area contributed by atoms with Crippen molar-refractivity contribution < 1.29 is 9.90 Å². The topological polar surface area (TPSA) is 40.5 Å². The Balaban J connectivity index is 2.16. The minimum absolute atomic E-state index is 0.292. The first-order chi connectivity index (χ1) is 5.68. The van der Waals surface area contributed by atoms with Gasteiger partial charge in [-0.2, -0.15) is 0 Å². The maximum absolute atomic E-state index is 10.4. The third-order valence-corrected chi connectivity index (χ3v) is 2.29. The van der Waals surface area contributed by atoms with E-state index in [4.69, 9.17) is 5.11 Å². The molecule has 0 bridgehead atoms. The molecule has 1 aliphatic heterocycles. The molecule has 0 aromatic rings. The van der Waals surface area contributed by atoms with Crippen LogP contribution in [-0.4, -0.2) is 35.6 Å². The average Bonchev–Trinajstić information content (AvgIpc) is 2.37. The van der Waals surface area contributed by atoms with E-state index in [0.717, 1.165) is 19.6 Å². The van der Waals surface area contributed by atoms with E-state index < -0.39 is 5.97 Å². The lowest BCUT2D eigenvalue weighted by Gasteiger charge is -2.18. The largest absolute Gasteiger partial charge is 0.481 e. The Hall–Kier alpha value is -0.570. The van der Waals surface area contributed by atoms with E-state index in [1.54, 1.807) is 0 Å². The summed E-state index contributed by atoms with van der Waals surface area (Å²) in [6.45, 7) is 5.27. The van der Waals surface area contributed by atoms with Gasteiger partial charge in [0.15, 0.2) is 0 Å². The summed E-state index contributed by atoms with van der Waals surface area (Å²) in [5, 5.41) is 8.54. The molecule has 1 N–H and O–H groups in total. The zero-order valence-electron chi connectivity index (χ0n) is 7.62. The van der Waals surface area contributed by atoms with Crippen molar-refractivity contribution in [2.24, 2.45) is 5.92 Å². The Morgan fingerprint density at radius 3 is 2.58 bits per heavy atom. The molecule has 0 aliphatic carbocycles. The van der Waals surface area contributed by atoms with Gasteiger partial charge in [-0.15, -0.1) is 0 Å². The lowest BCUT2D eigenvalue weighted by atomic mass is 10.1. The normalized spacial score (nSPS) is 21.1. The zero-order chi connectivity index (χ0) is 8.97. The molecular formula is C9H17NO2. The predicted molar refractivity (Wildman–Crippen MR) is 47.1 cm³/mol. The summed E-state index contributed by atoms with van der Waals surface area (Å²) in [6.07, 6.45) is 2.86. The van der Waals surface area contributed by atoms with E-state index in [2.05, 4.69) is 4.90 Å². The van der Waals surface area contributed by atoms with Gasteiger partial charge < -0.3 is 10.0 Å². The maximum atomic E-state index is 10.4. The van der Waals surface area contributed by atoms with Crippen LogP contribution in [-0.2, 0) is 4.79 Å². The molecule has 1 atom stereocenters. The standard InChI is InChI=1S/C9H17NO2/c1-8(6-9(11)12)7-10-4-2-3-5-10/h8H,2-7H2,1H3,(H,11,12)/t8-/m0/s1. The van der Waals surface area contributed by atoms with Crippen LogP contribution in [0.4, 0.5) is 0 Å². The number of rotatable bonds is 4. The van der Waals surface area contributed by atoms with E-state index in [1.165, 1.54) is 12.8 Å². The molecule has 0 spiro atoms. The Morgan fingerprint density at radius 2 is 2.08 bits per heavy atom. The van der Waals surface area contributed by atoms with Crippen molar-refractivity contribution in [2.45, 2.75) is 26.2 Å². The Kier molecular flexibility index (Phi) is 3.53. The quantitative estimate of drug-likeness (QED) is 0.690. The Labute approximate surface area is 73.4 Å². The molecule has 0 unspecified atom stereocenters. The van der Waals surface area contributed by atoms with Crippen LogP contribution >= 0.6 is 0 Å². The highest BCUT2D eigenvalue weighted by molar-refractivity contribution is 5.66. The van der Waals surface area contributed by atoms with Gasteiger partial charge in [-0.25, -0.2) is 0 Å². The fraction of sp³-hybridized carbons (Fsp3) is 0.889. The van der Waals surface area contributed by atoms with Crippen LogP contribution in [0.2, 0.25) is 0 Å². The van der Waals surface area contributed by atoms with Gasteiger partial charge in [0.2, 0.25) is 0 Å². The first-order valence-electron chi connectivity index (χ1n) is 4.62. The third kappa shape index (κ3) is 3.22. The van der Waals surface area contributed by atoms with Crippen molar-refractivity contribution in [2.75, 3.05) is 19.6 Å². The number of nitrogens with zero attached hydrogens (tertiary/aromatic N) is 1. The predicted octanol–water partition coefficient (Wildman–Crippen LogP) is 1.19. The van der Waals surface area contributed by atoms with Crippen LogP contribution in [0, 0.1) is 5.92 Å². The van der Waals surface area contributed by atoms with Gasteiger partial charge in [0, 0.05) is 13.0 Å². The van der Waals surface area contributed by atoms with Crippen molar-refractivity contribution in [1.29, 1.82) is 0 Å². The van der Waals surface area contributed by atoms with Gasteiger partial charge >= 0.3 is 5.97 Å². The van der Waals surface area contributed by atoms with Crippen LogP contribution in [0.25, 0.3) is 0 Å². The number of likely N-dealkylation sites (tertiary alicyclic amines) is 1. The maximum Gasteiger partial charge on any atom is 0.303 e. The molecule has 0 saturated carbocycles. The number of carbonyl (C=O) groups is 1. The molecule has 3 nitrogen and oxygen atoms in total. The minimum atomic E-state index is -0.679. The van der Waals surface area contributed by atoms with Crippen molar-refractivity contribution in [3.63, 3.8) is 0 Å². The van der Waals surface area contributed by atoms with Crippen molar-refractivity contribution in [3.05, 3.63) is 0 Å². The monoisotopic (exact) mass is 171 g/mol. The molecule has 0 amide bonds. The summed E-state index contributed by atoms with van der Waals surface area (Å²) in [4.78, 5) is 12.7. The van der Waals surface area contributed by atoms with Crippen molar-refractivity contribution in [3.8, 4) is 0 Å². The van der Waals surface area contributed by atoms with Gasteiger partial charge in [0.05, 0.1) is 0 Å². The molecule has 1 aliphatic rings. The van der Waals surface area contributed by atoms with E-state index in [1.807, 2.05) is 6.92 Å². The molecular weight excluding hydrogens is 154 g/mol. The molecule has 0 radical (unpaired) electrons.